The third-order valence-corrected chi connectivity index (χ3v) is 14.7. The molecule has 0 radical (unpaired) electrons. The van der Waals surface area contributed by atoms with Crippen molar-refractivity contribution in [3.63, 3.8) is 0 Å². The van der Waals surface area contributed by atoms with Crippen LogP contribution in [0.4, 0.5) is 17.1 Å². The van der Waals surface area contributed by atoms with E-state index in [-0.39, 0.29) is 5.41 Å². The first kappa shape index (κ1) is 36.6. The van der Waals surface area contributed by atoms with Crippen molar-refractivity contribution in [2.24, 2.45) is 0 Å². The van der Waals surface area contributed by atoms with Crippen LogP contribution >= 0.6 is 11.3 Å². The lowest BCUT2D eigenvalue weighted by Gasteiger charge is -2.35. The summed E-state index contributed by atoms with van der Waals surface area (Å²) in [4.78, 5) is 3.84. The Morgan fingerprint density at radius 3 is 1.60 bits per heavy atom. The molecule has 2 heteroatoms. The molecule has 0 fully saturated rings. The molecule has 0 aliphatic heterocycles. The maximum atomic E-state index is 2.46. The Balaban J connectivity index is 1.04. The molecular weight excluding hydrogens is 767 g/mol. The molecule has 12 rings (SSSR count). The van der Waals surface area contributed by atoms with Gasteiger partial charge in [0.15, 0.2) is 0 Å². The van der Waals surface area contributed by atoms with Crippen molar-refractivity contribution >= 4 is 38.5 Å². The van der Waals surface area contributed by atoms with E-state index >= 15 is 0 Å². The van der Waals surface area contributed by atoms with Gasteiger partial charge in [-0.2, -0.15) is 0 Å². The zero-order chi connectivity index (χ0) is 41.4. The average molecular weight is 810 g/mol. The summed E-state index contributed by atoms with van der Waals surface area (Å²) < 4.78 is 1.36. The number of thiophene rings is 1. The Morgan fingerprint density at radius 2 is 0.903 bits per heavy atom. The van der Waals surface area contributed by atoms with Crippen molar-refractivity contribution in [1.29, 1.82) is 0 Å². The van der Waals surface area contributed by atoms with Gasteiger partial charge in [-0.3, -0.25) is 0 Å². The van der Waals surface area contributed by atoms with Crippen LogP contribution in [0.15, 0.2) is 224 Å². The minimum atomic E-state index is -0.496. The van der Waals surface area contributed by atoms with Crippen molar-refractivity contribution < 1.29 is 0 Å². The van der Waals surface area contributed by atoms with Crippen LogP contribution in [-0.2, 0) is 10.8 Å². The number of hydrogen-bond acceptors (Lipinski definition) is 2. The highest BCUT2D eigenvalue weighted by Gasteiger charge is 2.46. The predicted molar refractivity (Wildman–Crippen MR) is 262 cm³/mol. The molecule has 2 aliphatic carbocycles. The maximum Gasteiger partial charge on any atom is 0.0714 e. The predicted octanol–water partition coefficient (Wildman–Crippen LogP) is 16.4. The van der Waals surface area contributed by atoms with Crippen LogP contribution in [0.2, 0.25) is 0 Å². The second-order valence-electron chi connectivity index (χ2n) is 17.2. The second kappa shape index (κ2) is 14.2. The van der Waals surface area contributed by atoms with E-state index in [1.807, 2.05) is 11.3 Å². The number of anilines is 3. The van der Waals surface area contributed by atoms with E-state index in [0.717, 1.165) is 17.1 Å². The van der Waals surface area contributed by atoms with Crippen molar-refractivity contribution in [3.05, 3.63) is 258 Å². The van der Waals surface area contributed by atoms with Gasteiger partial charge in [0.25, 0.3) is 0 Å². The zero-order valence-corrected chi connectivity index (χ0v) is 35.5. The number of benzene rings is 9. The van der Waals surface area contributed by atoms with Crippen LogP contribution in [0.3, 0.4) is 0 Å². The summed E-state index contributed by atoms with van der Waals surface area (Å²) >= 11 is 1.94. The monoisotopic (exact) mass is 809 g/mol. The van der Waals surface area contributed by atoms with E-state index in [1.54, 1.807) is 0 Å². The third-order valence-electron chi connectivity index (χ3n) is 13.6. The first-order chi connectivity index (χ1) is 30.5. The van der Waals surface area contributed by atoms with Crippen LogP contribution in [0.25, 0.3) is 53.9 Å². The molecule has 0 saturated carbocycles. The van der Waals surface area contributed by atoms with Gasteiger partial charge < -0.3 is 4.90 Å². The molecule has 0 amide bonds. The summed E-state index contributed by atoms with van der Waals surface area (Å²) in [6.45, 7) is 4.79. The standard InChI is InChI=1S/C60H43NS/c1-59(2)53-27-16-25-48(56(53)58-57(59)51-24-13-15-28-55(51)62-58)42-31-35-46(36-32-42)61(45-33-29-41(30-34-45)40-17-6-3-7-18-40)47-37-38-50-49-23-12-14-26-52(49)60(54(50)39-47,43-19-8-4-9-20-43)44-21-10-5-11-22-44/h3-39H,1-2H3. The summed E-state index contributed by atoms with van der Waals surface area (Å²) in [6.07, 6.45) is 0. The van der Waals surface area contributed by atoms with E-state index in [1.165, 1.54) is 87.3 Å². The molecule has 62 heavy (non-hydrogen) atoms. The van der Waals surface area contributed by atoms with Gasteiger partial charge in [-0.1, -0.05) is 196 Å². The normalized spacial score (nSPS) is 13.9. The van der Waals surface area contributed by atoms with Crippen LogP contribution in [-0.4, -0.2) is 0 Å². The van der Waals surface area contributed by atoms with Gasteiger partial charge in [0.2, 0.25) is 0 Å². The molecule has 0 atom stereocenters. The zero-order valence-electron chi connectivity index (χ0n) is 34.7. The Labute approximate surface area is 367 Å². The fraction of sp³-hybridized carbons (Fsp3) is 0.0667. The van der Waals surface area contributed by atoms with E-state index in [4.69, 9.17) is 0 Å². The molecule has 10 aromatic rings. The number of nitrogens with zero attached hydrogens (tertiary/aromatic N) is 1. The number of rotatable bonds is 7. The summed E-state index contributed by atoms with van der Waals surface area (Å²) in [5.74, 6) is 0. The number of hydrogen-bond donors (Lipinski definition) is 0. The maximum absolute atomic E-state index is 2.46. The van der Waals surface area contributed by atoms with E-state index in [0.29, 0.717) is 0 Å². The van der Waals surface area contributed by atoms with Gasteiger partial charge in [-0.15, -0.1) is 11.3 Å². The highest BCUT2D eigenvalue weighted by Crippen LogP contribution is 2.59. The molecule has 1 nitrogen and oxygen atoms in total. The molecule has 0 N–H and O–H groups in total. The first-order valence-corrected chi connectivity index (χ1v) is 22.4. The topological polar surface area (TPSA) is 3.24 Å². The molecular formula is C60H43NS. The Kier molecular flexibility index (Phi) is 8.36. The van der Waals surface area contributed by atoms with E-state index < -0.39 is 5.41 Å². The average Bonchev–Trinajstić information content (AvgIpc) is 3.95. The Bertz CT molecular complexity index is 3250. The van der Waals surface area contributed by atoms with Gasteiger partial charge in [0, 0.05) is 37.6 Å². The molecule has 0 unspecified atom stereocenters. The highest BCUT2D eigenvalue weighted by molar-refractivity contribution is 7.22. The minimum Gasteiger partial charge on any atom is -0.310 e. The van der Waals surface area contributed by atoms with Crippen molar-refractivity contribution in [1.82, 2.24) is 0 Å². The molecule has 294 valence electrons. The fourth-order valence-electron chi connectivity index (χ4n) is 10.8. The molecule has 1 heterocycles. The molecule has 0 bridgehead atoms. The summed E-state index contributed by atoms with van der Waals surface area (Å²) in [5, 5.41) is 1.38. The molecule has 2 aliphatic rings. The van der Waals surface area contributed by atoms with E-state index in [2.05, 4.69) is 243 Å². The minimum absolute atomic E-state index is 0.0785. The third kappa shape index (κ3) is 5.40. The van der Waals surface area contributed by atoms with Crippen molar-refractivity contribution in [2.75, 3.05) is 4.90 Å². The Hall–Kier alpha value is -7.26. The largest absolute Gasteiger partial charge is 0.310 e. The highest BCUT2D eigenvalue weighted by atomic mass is 32.1. The second-order valence-corrected chi connectivity index (χ2v) is 18.3. The van der Waals surface area contributed by atoms with Crippen LogP contribution in [0.1, 0.15) is 47.2 Å². The van der Waals surface area contributed by atoms with Crippen LogP contribution in [0.5, 0.6) is 0 Å². The quantitative estimate of drug-likeness (QED) is 0.155. The van der Waals surface area contributed by atoms with Crippen molar-refractivity contribution in [2.45, 2.75) is 24.7 Å². The summed E-state index contributed by atoms with van der Waals surface area (Å²) in [7, 11) is 0. The van der Waals surface area contributed by atoms with Gasteiger partial charge >= 0.3 is 0 Å². The van der Waals surface area contributed by atoms with Gasteiger partial charge in [0.05, 0.1) is 5.41 Å². The first-order valence-electron chi connectivity index (χ1n) is 21.6. The lowest BCUT2D eigenvalue weighted by molar-refractivity contribution is 0.667. The molecule has 1 aromatic heterocycles. The molecule has 0 saturated heterocycles. The fourth-order valence-corrected chi connectivity index (χ4v) is 12.2. The SMILES string of the molecule is CC1(C)c2cccc(-c3ccc(N(c4ccc(-c5ccccc5)cc4)c4ccc5c(c4)C(c4ccccc4)(c4ccccc4)c4ccccc4-5)cc3)c2-c2sc3ccccc3c21. The van der Waals surface area contributed by atoms with Crippen molar-refractivity contribution in [3.8, 4) is 43.8 Å². The van der Waals surface area contributed by atoms with E-state index in [9.17, 15) is 0 Å². The number of fused-ring (bicyclic) bond motifs is 8. The van der Waals surface area contributed by atoms with Crippen LogP contribution in [0, 0.1) is 0 Å². The molecule has 9 aromatic carbocycles. The van der Waals surface area contributed by atoms with Crippen LogP contribution < -0.4 is 4.90 Å². The van der Waals surface area contributed by atoms with Gasteiger partial charge in [0.1, 0.15) is 0 Å². The summed E-state index contributed by atoms with van der Waals surface area (Å²) in [6, 6.07) is 83.1. The lowest BCUT2D eigenvalue weighted by atomic mass is 9.67. The van der Waals surface area contributed by atoms with Gasteiger partial charge in [-0.25, -0.2) is 0 Å². The summed E-state index contributed by atoms with van der Waals surface area (Å²) in [5.41, 5.74) is 19.6. The Morgan fingerprint density at radius 1 is 0.387 bits per heavy atom. The molecule has 0 spiro atoms. The lowest BCUT2D eigenvalue weighted by Crippen LogP contribution is -2.28. The van der Waals surface area contributed by atoms with Gasteiger partial charge in [-0.05, 0) is 115 Å². The smallest absolute Gasteiger partial charge is 0.0714 e.